The monoisotopic (exact) mass is 480 g/mol. The van der Waals surface area contributed by atoms with Gasteiger partial charge in [0.05, 0.1) is 0 Å². The first-order valence-corrected chi connectivity index (χ1v) is 14.6. The highest BCUT2D eigenvalue weighted by atomic mass is 19.2. The van der Waals surface area contributed by atoms with E-state index in [1.165, 1.54) is 82.6 Å². The zero-order valence-electron chi connectivity index (χ0n) is 22.0. The lowest BCUT2D eigenvalue weighted by Crippen LogP contribution is -2.17. The fourth-order valence-electron chi connectivity index (χ4n) is 6.82. The maximum Gasteiger partial charge on any atom is 0.166 e. The van der Waals surface area contributed by atoms with Crippen molar-refractivity contribution in [2.24, 2.45) is 17.8 Å². The van der Waals surface area contributed by atoms with E-state index >= 15 is 0 Å². The van der Waals surface area contributed by atoms with Crippen LogP contribution in [0.5, 0.6) is 0 Å². The Kier molecular flexibility index (Phi) is 9.81. The van der Waals surface area contributed by atoms with Gasteiger partial charge >= 0.3 is 0 Å². The van der Waals surface area contributed by atoms with Crippen LogP contribution in [-0.4, -0.2) is 0 Å². The van der Waals surface area contributed by atoms with Gasteiger partial charge in [-0.25, -0.2) is 8.78 Å². The lowest BCUT2D eigenvalue weighted by atomic mass is 9.74. The number of allylic oxidation sites excluding steroid dienone is 1. The van der Waals surface area contributed by atoms with Crippen LogP contribution >= 0.6 is 0 Å². The average Bonchev–Trinajstić information content (AvgIpc) is 2.90. The number of halogens is 2. The largest absolute Gasteiger partial charge is 0.203 e. The minimum Gasteiger partial charge on any atom is -0.203 e. The van der Waals surface area contributed by atoms with Crippen molar-refractivity contribution in [2.45, 2.75) is 116 Å². The highest BCUT2D eigenvalue weighted by Gasteiger charge is 2.26. The summed E-state index contributed by atoms with van der Waals surface area (Å²) in [6.07, 6.45) is 21.7. The van der Waals surface area contributed by atoms with E-state index in [-0.39, 0.29) is 0 Å². The minimum atomic E-state index is -0.649. The first kappa shape index (κ1) is 26.4. The molecule has 0 nitrogen and oxygen atoms in total. The Labute approximate surface area is 212 Å². The van der Waals surface area contributed by atoms with E-state index in [0.717, 1.165) is 42.4 Å². The Bertz CT molecular complexity index is 945. The van der Waals surface area contributed by atoms with Crippen molar-refractivity contribution >= 4 is 10.8 Å². The second kappa shape index (κ2) is 13.0. The third-order valence-corrected chi connectivity index (χ3v) is 9.21. The number of hydrogen-bond donors (Lipinski definition) is 0. The number of hydrogen-bond acceptors (Lipinski definition) is 0. The zero-order valence-corrected chi connectivity index (χ0v) is 22.0. The highest BCUT2D eigenvalue weighted by molar-refractivity contribution is 5.85. The summed E-state index contributed by atoms with van der Waals surface area (Å²) in [7, 11) is 0. The van der Waals surface area contributed by atoms with Crippen LogP contribution in [-0.2, 0) is 6.42 Å². The van der Waals surface area contributed by atoms with Crippen molar-refractivity contribution in [3.63, 3.8) is 0 Å². The summed E-state index contributed by atoms with van der Waals surface area (Å²) in [4.78, 5) is 0. The van der Waals surface area contributed by atoms with Crippen molar-refractivity contribution in [1.82, 2.24) is 0 Å². The fourth-order valence-corrected chi connectivity index (χ4v) is 6.82. The van der Waals surface area contributed by atoms with Crippen molar-refractivity contribution in [3.8, 4) is 0 Å². The first-order valence-electron chi connectivity index (χ1n) is 14.6. The molecule has 2 aliphatic carbocycles. The van der Waals surface area contributed by atoms with Crippen molar-refractivity contribution < 1.29 is 8.78 Å². The van der Waals surface area contributed by atoms with Gasteiger partial charge in [-0.3, -0.25) is 0 Å². The van der Waals surface area contributed by atoms with Crippen LogP contribution in [0.15, 0.2) is 36.9 Å². The molecule has 0 amide bonds. The van der Waals surface area contributed by atoms with Gasteiger partial charge in [0.15, 0.2) is 11.6 Å². The van der Waals surface area contributed by atoms with Gasteiger partial charge in [-0.2, -0.15) is 0 Å². The molecule has 2 heteroatoms. The molecule has 0 N–H and O–H groups in total. The molecule has 0 unspecified atom stereocenters. The maximum atomic E-state index is 15.0. The average molecular weight is 481 g/mol. The molecule has 0 bridgehead atoms. The van der Waals surface area contributed by atoms with Crippen molar-refractivity contribution in [3.05, 3.63) is 59.7 Å². The molecule has 0 spiro atoms. The molecule has 35 heavy (non-hydrogen) atoms. The highest BCUT2D eigenvalue weighted by Crippen LogP contribution is 2.41. The van der Waals surface area contributed by atoms with Gasteiger partial charge in [0.25, 0.3) is 0 Å². The third kappa shape index (κ3) is 6.95. The van der Waals surface area contributed by atoms with Crippen molar-refractivity contribution in [1.29, 1.82) is 0 Å². The molecule has 0 aromatic heterocycles. The molecule has 0 aliphatic heterocycles. The van der Waals surface area contributed by atoms with E-state index in [4.69, 9.17) is 0 Å². The van der Waals surface area contributed by atoms with E-state index in [9.17, 15) is 8.78 Å². The summed E-state index contributed by atoms with van der Waals surface area (Å²) in [5.74, 6) is 1.94. The van der Waals surface area contributed by atoms with E-state index in [1.54, 1.807) is 0 Å². The Morgan fingerprint density at radius 3 is 2.06 bits per heavy atom. The molecular formula is C33H46F2. The predicted octanol–water partition coefficient (Wildman–Crippen LogP) is 10.7. The predicted molar refractivity (Wildman–Crippen MR) is 146 cm³/mol. The molecule has 4 rings (SSSR count). The summed E-state index contributed by atoms with van der Waals surface area (Å²) in [6.45, 7) is 6.00. The Balaban J connectivity index is 1.27. The second-order valence-corrected chi connectivity index (χ2v) is 11.6. The number of unbranched alkanes of at least 4 members (excludes halogenated alkanes) is 2. The Morgan fingerprint density at radius 2 is 1.43 bits per heavy atom. The number of rotatable bonds is 11. The normalized spacial score (nSPS) is 25.1. The molecule has 0 heterocycles. The van der Waals surface area contributed by atoms with Gasteiger partial charge < -0.3 is 0 Å². The van der Waals surface area contributed by atoms with Crippen LogP contribution in [0.4, 0.5) is 8.78 Å². The van der Waals surface area contributed by atoms with Crippen LogP contribution < -0.4 is 0 Å². The van der Waals surface area contributed by atoms with Crippen LogP contribution in [0.3, 0.4) is 0 Å². The molecule has 2 aromatic rings. The van der Waals surface area contributed by atoms with Gasteiger partial charge in [-0.05, 0) is 104 Å². The summed E-state index contributed by atoms with van der Waals surface area (Å²) in [5.41, 5.74) is 1.73. The van der Waals surface area contributed by atoms with Gasteiger partial charge in [0.2, 0.25) is 0 Å². The van der Waals surface area contributed by atoms with Gasteiger partial charge in [-0.15, -0.1) is 6.58 Å². The number of aryl methyl sites for hydroxylation is 1. The minimum absolute atomic E-state index is 0.463. The molecule has 2 aromatic carbocycles. The molecule has 0 saturated heterocycles. The summed E-state index contributed by atoms with van der Waals surface area (Å²) in [5, 5.41) is 1.30. The summed E-state index contributed by atoms with van der Waals surface area (Å²) in [6, 6.07) is 8.01. The van der Waals surface area contributed by atoms with Gasteiger partial charge in [-0.1, -0.05) is 76.5 Å². The topological polar surface area (TPSA) is 0 Å². The maximum absolute atomic E-state index is 15.0. The molecule has 192 valence electrons. The van der Waals surface area contributed by atoms with Crippen LogP contribution in [0.2, 0.25) is 0 Å². The summed E-state index contributed by atoms with van der Waals surface area (Å²) >= 11 is 0. The van der Waals surface area contributed by atoms with Crippen LogP contribution in [0.1, 0.15) is 120 Å². The fraction of sp³-hybridized carbons (Fsp3) is 0.636. The standard InChI is InChI=1S/C33H46F2/c1-3-5-7-9-30-22-29-21-20-28(23-31(29)33(35)32(30)34)27-18-16-26(17-19-27)15-14-25-12-10-24(11-13-25)8-6-4-2/h4,20-27H,2-3,5-19H2,1H3. The number of fused-ring (bicyclic) bond motifs is 1. The molecule has 2 saturated carbocycles. The van der Waals surface area contributed by atoms with Gasteiger partial charge in [0.1, 0.15) is 0 Å². The van der Waals surface area contributed by atoms with E-state index in [1.807, 2.05) is 18.2 Å². The van der Waals surface area contributed by atoms with E-state index < -0.39 is 11.6 Å². The third-order valence-electron chi connectivity index (χ3n) is 9.21. The SMILES string of the molecule is C=CCCC1CCC(CCC2CCC(c3ccc4cc(CCCCC)c(F)c(F)c4c3)CC2)CC1. The van der Waals surface area contributed by atoms with Crippen LogP contribution in [0, 0.1) is 29.4 Å². The Morgan fingerprint density at radius 1 is 0.800 bits per heavy atom. The van der Waals surface area contributed by atoms with E-state index in [2.05, 4.69) is 25.6 Å². The molecule has 2 aliphatic rings. The van der Waals surface area contributed by atoms with Crippen molar-refractivity contribution in [2.75, 3.05) is 0 Å². The summed E-state index contributed by atoms with van der Waals surface area (Å²) < 4.78 is 29.7. The molecule has 0 radical (unpaired) electrons. The Hall–Kier alpha value is -1.70. The second-order valence-electron chi connectivity index (χ2n) is 11.6. The first-order chi connectivity index (χ1) is 17.1. The van der Waals surface area contributed by atoms with Crippen LogP contribution in [0.25, 0.3) is 10.8 Å². The van der Waals surface area contributed by atoms with Gasteiger partial charge in [0, 0.05) is 5.39 Å². The zero-order chi connectivity index (χ0) is 24.6. The smallest absolute Gasteiger partial charge is 0.166 e. The number of benzene rings is 2. The lowest BCUT2D eigenvalue weighted by Gasteiger charge is -2.32. The molecular weight excluding hydrogens is 434 g/mol. The molecule has 0 atom stereocenters. The lowest BCUT2D eigenvalue weighted by molar-refractivity contribution is 0.225. The quantitative estimate of drug-likeness (QED) is 0.222. The molecule has 2 fully saturated rings. The van der Waals surface area contributed by atoms with E-state index in [0.29, 0.717) is 23.3 Å².